The normalized spacial score (nSPS) is 11.8. The predicted octanol–water partition coefficient (Wildman–Crippen LogP) is 1.60. The molecule has 0 fully saturated rings. The molecule has 0 radical (unpaired) electrons. The van der Waals surface area contributed by atoms with E-state index in [2.05, 4.69) is 10.6 Å². The predicted molar refractivity (Wildman–Crippen MR) is 89.0 cm³/mol. The highest BCUT2D eigenvalue weighted by atomic mass is 19.1. The van der Waals surface area contributed by atoms with Gasteiger partial charge < -0.3 is 15.2 Å². The minimum absolute atomic E-state index is 0.257. The molecule has 0 bridgehead atoms. The van der Waals surface area contributed by atoms with Gasteiger partial charge in [0.2, 0.25) is 5.91 Å². The minimum atomic E-state index is -0.640. The Kier molecular flexibility index (Phi) is 6.72. The molecule has 0 aliphatic heterocycles. The van der Waals surface area contributed by atoms with Crippen molar-refractivity contribution in [3.63, 3.8) is 0 Å². The maximum Gasteiger partial charge on any atom is 0.239 e. The smallest absolute Gasteiger partial charge is 0.239 e. The Hall–Kier alpha value is -2.44. The van der Waals surface area contributed by atoms with E-state index < -0.39 is 6.04 Å². The highest BCUT2D eigenvalue weighted by molar-refractivity contribution is 5.81. The zero-order valence-corrected chi connectivity index (χ0v) is 13.5. The van der Waals surface area contributed by atoms with Gasteiger partial charge in [-0.1, -0.05) is 24.3 Å². The molecule has 1 atom stereocenters. The SMILES string of the molecule is CNC(=O)[C@@H](CO)NCc1ccc(OCc2cccc(F)c2)cc1. The fourth-order valence-corrected chi connectivity index (χ4v) is 2.15. The van der Waals surface area contributed by atoms with Crippen molar-refractivity contribution in [2.24, 2.45) is 0 Å². The van der Waals surface area contributed by atoms with E-state index in [0.29, 0.717) is 18.9 Å². The first kappa shape index (κ1) is 17.9. The van der Waals surface area contributed by atoms with E-state index in [4.69, 9.17) is 4.74 Å². The summed E-state index contributed by atoms with van der Waals surface area (Å²) in [6.45, 7) is 0.468. The second kappa shape index (κ2) is 9.00. The second-order valence-electron chi connectivity index (χ2n) is 5.29. The fraction of sp³-hybridized carbons (Fsp3) is 0.278. The molecule has 128 valence electrons. The Labute approximate surface area is 140 Å². The summed E-state index contributed by atoms with van der Waals surface area (Å²) in [7, 11) is 1.53. The first-order chi connectivity index (χ1) is 11.6. The molecule has 1 amide bonds. The summed E-state index contributed by atoms with van der Waals surface area (Å²) in [5, 5.41) is 14.6. The first-order valence-corrected chi connectivity index (χ1v) is 7.64. The molecule has 2 aromatic carbocycles. The second-order valence-corrected chi connectivity index (χ2v) is 5.29. The van der Waals surface area contributed by atoms with Crippen molar-refractivity contribution in [3.05, 3.63) is 65.5 Å². The summed E-state index contributed by atoms with van der Waals surface area (Å²) in [6, 6.07) is 13.0. The van der Waals surface area contributed by atoms with Crippen molar-refractivity contribution < 1.29 is 19.0 Å². The Bertz CT molecular complexity index is 662. The van der Waals surface area contributed by atoms with Crippen molar-refractivity contribution in [1.29, 1.82) is 0 Å². The Morgan fingerprint density at radius 1 is 1.21 bits per heavy atom. The monoisotopic (exact) mass is 332 g/mol. The first-order valence-electron chi connectivity index (χ1n) is 7.64. The van der Waals surface area contributed by atoms with Gasteiger partial charge in [0.15, 0.2) is 0 Å². The van der Waals surface area contributed by atoms with Crippen LogP contribution in [0.25, 0.3) is 0 Å². The third-order valence-corrected chi connectivity index (χ3v) is 3.52. The largest absolute Gasteiger partial charge is 0.489 e. The molecule has 0 unspecified atom stereocenters. The van der Waals surface area contributed by atoms with Crippen molar-refractivity contribution >= 4 is 5.91 Å². The van der Waals surface area contributed by atoms with E-state index >= 15 is 0 Å². The van der Waals surface area contributed by atoms with Gasteiger partial charge in [-0.25, -0.2) is 4.39 Å². The number of nitrogens with one attached hydrogen (secondary N) is 2. The van der Waals surface area contributed by atoms with Crippen LogP contribution in [0.1, 0.15) is 11.1 Å². The van der Waals surface area contributed by atoms with Gasteiger partial charge in [0.25, 0.3) is 0 Å². The average molecular weight is 332 g/mol. The van der Waals surface area contributed by atoms with Crippen molar-refractivity contribution in [2.45, 2.75) is 19.2 Å². The van der Waals surface area contributed by atoms with E-state index in [-0.39, 0.29) is 18.3 Å². The van der Waals surface area contributed by atoms with Gasteiger partial charge in [0.05, 0.1) is 6.61 Å². The summed E-state index contributed by atoms with van der Waals surface area (Å²) < 4.78 is 18.7. The number of rotatable bonds is 8. The fourth-order valence-electron chi connectivity index (χ4n) is 2.15. The number of aliphatic hydroxyl groups is 1. The summed E-state index contributed by atoms with van der Waals surface area (Å²) in [4.78, 5) is 11.5. The number of likely N-dealkylation sites (N-methyl/N-ethyl adjacent to an activating group) is 1. The van der Waals surface area contributed by atoms with Crippen molar-refractivity contribution in [1.82, 2.24) is 10.6 Å². The third-order valence-electron chi connectivity index (χ3n) is 3.52. The topological polar surface area (TPSA) is 70.6 Å². The number of amides is 1. The van der Waals surface area contributed by atoms with Gasteiger partial charge in [-0.05, 0) is 35.4 Å². The lowest BCUT2D eigenvalue weighted by Gasteiger charge is -2.14. The number of benzene rings is 2. The number of carbonyl (C=O) groups is 1. The number of carbonyl (C=O) groups excluding carboxylic acids is 1. The highest BCUT2D eigenvalue weighted by Gasteiger charge is 2.14. The zero-order valence-electron chi connectivity index (χ0n) is 13.5. The van der Waals surface area contributed by atoms with Crippen LogP contribution in [0, 0.1) is 5.82 Å². The molecule has 5 nitrogen and oxygen atoms in total. The molecular formula is C18H21FN2O3. The van der Waals surface area contributed by atoms with Crippen LogP contribution < -0.4 is 15.4 Å². The zero-order chi connectivity index (χ0) is 17.4. The van der Waals surface area contributed by atoms with Crippen LogP contribution >= 0.6 is 0 Å². The number of halogens is 1. The average Bonchev–Trinajstić information content (AvgIpc) is 2.61. The molecule has 0 spiro atoms. The van der Waals surface area contributed by atoms with Crippen LogP contribution in [0.2, 0.25) is 0 Å². The van der Waals surface area contributed by atoms with Gasteiger partial charge in [-0.15, -0.1) is 0 Å². The molecule has 0 aliphatic carbocycles. The molecule has 2 rings (SSSR count). The van der Waals surface area contributed by atoms with Crippen molar-refractivity contribution in [2.75, 3.05) is 13.7 Å². The molecule has 0 aliphatic rings. The van der Waals surface area contributed by atoms with Crippen molar-refractivity contribution in [3.8, 4) is 5.75 Å². The molecule has 0 saturated carbocycles. The number of hydrogen-bond acceptors (Lipinski definition) is 4. The van der Waals surface area contributed by atoms with Crippen LogP contribution in [0.4, 0.5) is 4.39 Å². The molecule has 0 heterocycles. The lowest BCUT2D eigenvalue weighted by Crippen LogP contribution is -2.44. The van der Waals surface area contributed by atoms with Crippen LogP contribution in [-0.2, 0) is 17.9 Å². The summed E-state index contributed by atoms with van der Waals surface area (Å²) in [6.07, 6.45) is 0. The number of ether oxygens (including phenoxy) is 1. The van der Waals surface area contributed by atoms with Crippen LogP contribution in [0.15, 0.2) is 48.5 Å². The number of hydrogen-bond donors (Lipinski definition) is 3. The van der Waals surface area contributed by atoms with E-state index in [1.54, 1.807) is 12.1 Å². The summed E-state index contributed by atoms with van der Waals surface area (Å²) in [5.74, 6) is 0.132. The quantitative estimate of drug-likeness (QED) is 0.687. The molecule has 24 heavy (non-hydrogen) atoms. The Balaban J connectivity index is 1.85. The van der Waals surface area contributed by atoms with E-state index in [9.17, 15) is 14.3 Å². The van der Waals surface area contributed by atoms with Gasteiger partial charge >= 0.3 is 0 Å². The molecule has 0 aromatic heterocycles. The standard InChI is InChI=1S/C18H21FN2O3/c1-20-18(23)17(11-22)21-10-13-5-7-16(8-6-13)24-12-14-3-2-4-15(19)9-14/h2-9,17,21-22H,10-12H2,1H3,(H,20,23)/t17-/m1/s1. The Morgan fingerprint density at radius 3 is 2.58 bits per heavy atom. The number of aliphatic hydroxyl groups excluding tert-OH is 1. The van der Waals surface area contributed by atoms with Gasteiger partial charge in [0, 0.05) is 13.6 Å². The Morgan fingerprint density at radius 2 is 1.96 bits per heavy atom. The molecule has 3 N–H and O–H groups in total. The van der Waals surface area contributed by atoms with Crippen LogP contribution in [0.3, 0.4) is 0 Å². The summed E-state index contributed by atoms with van der Waals surface area (Å²) in [5.41, 5.74) is 1.72. The van der Waals surface area contributed by atoms with Crippen LogP contribution in [-0.4, -0.2) is 30.7 Å². The lowest BCUT2D eigenvalue weighted by atomic mass is 10.2. The molecular weight excluding hydrogens is 311 g/mol. The van der Waals surface area contributed by atoms with E-state index in [1.165, 1.54) is 19.2 Å². The van der Waals surface area contributed by atoms with E-state index in [1.807, 2.05) is 24.3 Å². The van der Waals surface area contributed by atoms with Gasteiger partial charge in [-0.3, -0.25) is 10.1 Å². The van der Waals surface area contributed by atoms with Crippen LogP contribution in [0.5, 0.6) is 5.75 Å². The maximum absolute atomic E-state index is 13.1. The maximum atomic E-state index is 13.1. The third kappa shape index (κ3) is 5.33. The minimum Gasteiger partial charge on any atom is -0.489 e. The molecule has 0 saturated heterocycles. The molecule has 2 aromatic rings. The van der Waals surface area contributed by atoms with Gasteiger partial charge in [0.1, 0.15) is 24.2 Å². The lowest BCUT2D eigenvalue weighted by molar-refractivity contribution is -0.123. The summed E-state index contributed by atoms with van der Waals surface area (Å²) >= 11 is 0. The van der Waals surface area contributed by atoms with Gasteiger partial charge in [-0.2, -0.15) is 0 Å². The van der Waals surface area contributed by atoms with E-state index in [0.717, 1.165) is 11.1 Å². The molecule has 6 heteroatoms. The highest BCUT2D eigenvalue weighted by Crippen LogP contribution is 2.15.